The van der Waals surface area contributed by atoms with Crippen molar-refractivity contribution in [2.45, 2.75) is 71.1 Å². The number of hydrogen-bond acceptors (Lipinski definition) is 6. The first-order chi connectivity index (χ1) is 14.8. The summed E-state index contributed by atoms with van der Waals surface area (Å²) in [5.41, 5.74) is -0.757. The van der Waals surface area contributed by atoms with Gasteiger partial charge in [0, 0.05) is 5.92 Å². The van der Waals surface area contributed by atoms with Gasteiger partial charge in [-0.2, -0.15) is 13.2 Å². The van der Waals surface area contributed by atoms with Crippen LogP contribution in [-0.4, -0.2) is 30.0 Å². The molecule has 0 amide bonds. The lowest BCUT2D eigenvalue weighted by atomic mass is 9.94. The van der Waals surface area contributed by atoms with E-state index < -0.39 is 30.9 Å². The minimum atomic E-state index is -4.42. The maximum absolute atomic E-state index is 13.9. The van der Waals surface area contributed by atoms with Crippen molar-refractivity contribution in [1.82, 2.24) is 0 Å². The van der Waals surface area contributed by atoms with Gasteiger partial charge in [-0.1, -0.05) is 30.8 Å². The molecule has 0 aromatic heterocycles. The van der Waals surface area contributed by atoms with Gasteiger partial charge in [0.1, 0.15) is 5.44 Å². The number of allylic oxidation sites excluding steroid dienone is 1. The number of halogens is 3. The number of benzene rings is 1. The topological polar surface area (TPSA) is 44.8 Å². The first-order valence-electron chi connectivity index (χ1n) is 10.6. The third-order valence-corrected chi connectivity index (χ3v) is 9.52. The number of rotatable bonds is 9. The van der Waals surface area contributed by atoms with Gasteiger partial charge in [0.2, 0.25) is 0 Å². The Labute approximate surface area is 197 Å². The van der Waals surface area contributed by atoms with E-state index >= 15 is 0 Å². The van der Waals surface area contributed by atoms with Crippen LogP contribution in [0, 0.1) is 0 Å². The second-order valence-electron chi connectivity index (χ2n) is 8.12. The molecule has 1 aromatic carbocycles. The second kappa shape index (κ2) is 11.3. The fourth-order valence-electron chi connectivity index (χ4n) is 3.40. The smallest absolute Gasteiger partial charge is 0.362 e. The maximum atomic E-state index is 13.9. The van der Waals surface area contributed by atoms with Gasteiger partial charge < -0.3 is 13.8 Å². The van der Waals surface area contributed by atoms with E-state index in [0.29, 0.717) is 17.3 Å². The maximum Gasteiger partial charge on any atom is 0.416 e. The Kier molecular flexibility index (Phi) is 9.84. The average Bonchev–Trinajstić information content (AvgIpc) is 2.66. The van der Waals surface area contributed by atoms with Crippen LogP contribution in [0.3, 0.4) is 0 Å². The molecule has 0 aliphatic carbocycles. The molecule has 0 N–H and O–H groups in total. The Morgan fingerprint density at radius 3 is 2.06 bits per heavy atom. The Morgan fingerprint density at radius 1 is 1.06 bits per heavy atom. The summed E-state index contributed by atoms with van der Waals surface area (Å²) in [5, 5.41) is 0.520. The molecule has 0 unspecified atom stereocenters. The van der Waals surface area contributed by atoms with Crippen LogP contribution in [0.15, 0.2) is 33.8 Å². The molecule has 0 fully saturated rings. The van der Waals surface area contributed by atoms with Gasteiger partial charge in [0.25, 0.3) is 0 Å². The minimum Gasteiger partial charge on any atom is -0.362 e. The molecule has 1 aromatic rings. The molecule has 2 rings (SSSR count). The van der Waals surface area contributed by atoms with Crippen molar-refractivity contribution >= 4 is 31.1 Å². The van der Waals surface area contributed by atoms with Crippen molar-refractivity contribution in [3.63, 3.8) is 0 Å². The number of thioether (sulfide) groups is 2. The summed E-state index contributed by atoms with van der Waals surface area (Å²) in [4.78, 5) is 0. The summed E-state index contributed by atoms with van der Waals surface area (Å²) in [6, 6.07) is 5.03. The second-order valence-corrected chi connectivity index (χ2v) is 12.8. The Morgan fingerprint density at radius 2 is 1.62 bits per heavy atom. The van der Waals surface area contributed by atoms with Gasteiger partial charge in [0.05, 0.1) is 33.9 Å². The Bertz CT molecular complexity index is 825. The van der Waals surface area contributed by atoms with Crippen molar-refractivity contribution in [3.8, 4) is 0 Å². The largest absolute Gasteiger partial charge is 0.416 e. The molecule has 1 aliphatic heterocycles. The van der Waals surface area contributed by atoms with Gasteiger partial charge in [-0.25, -0.2) is 0 Å². The fraction of sp³-hybridized carbons (Fsp3) is 0.636. The predicted molar refractivity (Wildman–Crippen MR) is 127 cm³/mol. The average molecular weight is 513 g/mol. The molecule has 182 valence electrons. The first-order valence-corrected chi connectivity index (χ1v) is 14.0. The zero-order chi connectivity index (χ0) is 24.2. The van der Waals surface area contributed by atoms with Crippen LogP contribution in [0.25, 0.3) is 0 Å². The van der Waals surface area contributed by atoms with E-state index in [1.54, 1.807) is 13.8 Å². The third kappa shape index (κ3) is 7.28. The molecular weight excluding hydrogens is 480 g/mol. The molecule has 10 heteroatoms. The van der Waals surface area contributed by atoms with Crippen LogP contribution in [0.5, 0.6) is 0 Å². The summed E-state index contributed by atoms with van der Waals surface area (Å²) in [6.45, 7) is 11.7. The zero-order valence-electron chi connectivity index (χ0n) is 19.3. The molecule has 1 aliphatic rings. The van der Waals surface area contributed by atoms with E-state index in [9.17, 15) is 17.7 Å². The van der Waals surface area contributed by atoms with Crippen molar-refractivity contribution < 1.29 is 31.5 Å². The predicted octanol–water partition coefficient (Wildman–Crippen LogP) is 8.26. The normalized spacial score (nSPS) is 20.7. The highest BCUT2D eigenvalue weighted by molar-refractivity contribution is 8.22. The van der Waals surface area contributed by atoms with Crippen molar-refractivity contribution in [2.75, 3.05) is 19.0 Å². The molecule has 4 nitrogen and oxygen atoms in total. The van der Waals surface area contributed by atoms with Gasteiger partial charge in [-0.05, 0) is 64.5 Å². The highest BCUT2D eigenvalue weighted by atomic mass is 32.2. The van der Waals surface area contributed by atoms with Crippen LogP contribution in [-0.2, 0) is 24.5 Å². The molecule has 32 heavy (non-hydrogen) atoms. The van der Waals surface area contributed by atoms with E-state index in [1.165, 1.54) is 35.7 Å². The van der Waals surface area contributed by atoms with E-state index in [2.05, 4.69) is 0 Å². The minimum absolute atomic E-state index is 0.192. The standard InChI is InChI=1S/C22H32F3O4PS2/c1-7-27-30(26,28-8-2)19-17(15-10-12-16(13-11-15)22(23,24)25)14-18(29-21(4,5)6)32-20(19)31-9-3/h10-13,17-18H,7-9,14H2,1-6H3/t17-,18-/m0/s1. The van der Waals surface area contributed by atoms with Crippen LogP contribution >= 0.6 is 31.1 Å². The Hall–Kier alpha value is -0.440. The van der Waals surface area contributed by atoms with Gasteiger partial charge in [-0.15, -0.1) is 11.8 Å². The van der Waals surface area contributed by atoms with E-state index in [4.69, 9.17) is 13.8 Å². The quantitative estimate of drug-likeness (QED) is 0.310. The van der Waals surface area contributed by atoms with Crippen LogP contribution < -0.4 is 0 Å². The molecule has 0 saturated carbocycles. The molecule has 1 heterocycles. The third-order valence-electron chi connectivity index (χ3n) is 4.50. The number of ether oxygens (including phenoxy) is 1. The van der Waals surface area contributed by atoms with Crippen molar-refractivity contribution in [2.24, 2.45) is 0 Å². The molecule has 2 atom stereocenters. The van der Waals surface area contributed by atoms with E-state index in [0.717, 1.165) is 22.1 Å². The zero-order valence-corrected chi connectivity index (χ0v) is 21.9. The SMILES string of the molecule is CCOP(=O)(OCC)C1=C(SCC)S[C@H](OC(C)(C)C)C[C@H]1c1ccc(C(F)(F)F)cc1. The number of hydrogen-bond donors (Lipinski definition) is 0. The van der Waals surface area contributed by atoms with Crippen LogP contribution in [0.1, 0.15) is 65.0 Å². The Balaban J connectivity index is 2.64. The summed E-state index contributed by atoms with van der Waals surface area (Å²) >= 11 is 3.01. The highest BCUT2D eigenvalue weighted by Crippen LogP contribution is 2.67. The molecule has 0 radical (unpaired) electrons. The van der Waals surface area contributed by atoms with Gasteiger partial charge >= 0.3 is 13.8 Å². The lowest BCUT2D eigenvalue weighted by Gasteiger charge is -2.38. The fourth-order valence-corrected chi connectivity index (χ4v) is 8.94. The molecule has 0 bridgehead atoms. The van der Waals surface area contributed by atoms with Crippen molar-refractivity contribution in [3.05, 3.63) is 44.9 Å². The lowest BCUT2D eigenvalue weighted by Crippen LogP contribution is -2.29. The van der Waals surface area contributed by atoms with Crippen LogP contribution in [0.4, 0.5) is 13.2 Å². The summed E-state index contributed by atoms with van der Waals surface area (Å²) in [5.74, 6) is 0.273. The van der Waals surface area contributed by atoms with Gasteiger partial charge in [0.15, 0.2) is 0 Å². The monoisotopic (exact) mass is 512 g/mol. The van der Waals surface area contributed by atoms with Crippen molar-refractivity contribution in [1.29, 1.82) is 0 Å². The summed E-state index contributed by atoms with van der Waals surface area (Å²) < 4.78 is 71.6. The molecule has 0 spiro atoms. The highest BCUT2D eigenvalue weighted by Gasteiger charge is 2.44. The van der Waals surface area contributed by atoms with E-state index in [-0.39, 0.29) is 18.6 Å². The van der Waals surface area contributed by atoms with Gasteiger partial charge in [-0.3, -0.25) is 4.57 Å². The molecular formula is C22H32F3O4PS2. The summed E-state index contributed by atoms with van der Waals surface area (Å²) in [6.07, 6.45) is -3.98. The van der Waals surface area contributed by atoms with Crippen LogP contribution in [0.2, 0.25) is 0 Å². The summed E-state index contributed by atoms with van der Waals surface area (Å²) in [7, 11) is -3.66. The lowest BCUT2D eigenvalue weighted by molar-refractivity contribution is -0.137. The molecule has 0 saturated heterocycles. The van der Waals surface area contributed by atoms with E-state index in [1.807, 2.05) is 27.7 Å². The number of alkyl halides is 3. The first kappa shape index (κ1) is 27.8.